The van der Waals surface area contributed by atoms with Crippen LogP contribution in [-0.2, 0) is 4.74 Å². The van der Waals surface area contributed by atoms with E-state index in [0.29, 0.717) is 43.4 Å². The van der Waals surface area contributed by atoms with E-state index in [1.54, 1.807) is 0 Å². The standard InChI is InChI=1S/C23H29N5O3/c1-15(12-16-4-2-3-5-16)31-17-6-7-19-18(13-17)22(26-24-19)20-14-21(23(29)27-25-20)28-8-10-30-11-9-28/h6-7,13-16H,2-5,8-12H2,1H3,(H,24,26)(H,27,29). The fourth-order valence-corrected chi connectivity index (χ4v) is 4.81. The van der Waals surface area contributed by atoms with E-state index in [1.165, 1.54) is 25.7 Å². The smallest absolute Gasteiger partial charge is 0.287 e. The van der Waals surface area contributed by atoms with Crippen LogP contribution in [0, 0.1) is 5.92 Å². The average Bonchev–Trinajstić information content (AvgIpc) is 3.44. The number of benzene rings is 1. The Labute approximate surface area is 180 Å². The maximum atomic E-state index is 12.4. The van der Waals surface area contributed by atoms with Gasteiger partial charge in [-0.3, -0.25) is 9.89 Å². The average molecular weight is 424 g/mol. The van der Waals surface area contributed by atoms with Crippen molar-refractivity contribution in [2.75, 3.05) is 31.2 Å². The third-order valence-electron chi connectivity index (χ3n) is 6.39. The molecule has 3 heterocycles. The molecule has 2 aromatic heterocycles. The number of fused-ring (bicyclic) bond motifs is 1. The van der Waals surface area contributed by atoms with Crippen LogP contribution in [-0.4, -0.2) is 52.8 Å². The van der Waals surface area contributed by atoms with Crippen molar-refractivity contribution in [3.05, 3.63) is 34.6 Å². The Morgan fingerprint density at radius 1 is 1.16 bits per heavy atom. The molecule has 1 unspecified atom stereocenters. The lowest BCUT2D eigenvalue weighted by Gasteiger charge is -2.27. The van der Waals surface area contributed by atoms with E-state index in [1.807, 2.05) is 29.2 Å². The van der Waals surface area contributed by atoms with Gasteiger partial charge in [0.05, 0.1) is 24.8 Å². The van der Waals surface area contributed by atoms with Crippen LogP contribution >= 0.6 is 0 Å². The van der Waals surface area contributed by atoms with E-state index in [2.05, 4.69) is 27.3 Å². The highest BCUT2D eigenvalue weighted by Crippen LogP contribution is 2.32. The van der Waals surface area contributed by atoms with Gasteiger partial charge in [0, 0.05) is 18.5 Å². The molecule has 2 N–H and O–H groups in total. The number of hydrogen-bond acceptors (Lipinski definition) is 6. The zero-order chi connectivity index (χ0) is 21.2. The lowest BCUT2D eigenvalue weighted by Crippen LogP contribution is -2.39. The number of aromatic nitrogens is 4. The summed E-state index contributed by atoms with van der Waals surface area (Å²) in [6.07, 6.45) is 6.61. The molecule has 1 saturated carbocycles. The van der Waals surface area contributed by atoms with Gasteiger partial charge in [0.1, 0.15) is 22.8 Å². The fourth-order valence-electron chi connectivity index (χ4n) is 4.81. The number of rotatable bonds is 6. The third kappa shape index (κ3) is 4.30. The van der Waals surface area contributed by atoms with Crippen LogP contribution in [0.5, 0.6) is 5.75 Å². The Morgan fingerprint density at radius 2 is 1.97 bits per heavy atom. The second-order valence-corrected chi connectivity index (χ2v) is 8.66. The van der Waals surface area contributed by atoms with Gasteiger partial charge in [-0.05, 0) is 43.5 Å². The zero-order valence-corrected chi connectivity index (χ0v) is 17.9. The van der Waals surface area contributed by atoms with Crippen molar-refractivity contribution in [2.45, 2.75) is 45.1 Å². The molecule has 1 saturated heterocycles. The molecule has 1 aromatic carbocycles. The van der Waals surface area contributed by atoms with Gasteiger partial charge in [0.2, 0.25) is 0 Å². The van der Waals surface area contributed by atoms with Gasteiger partial charge in [-0.15, -0.1) is 0 Å². The van der Waals surface area contributed by atoms with Crippen LogP contribution in [0.1, 0.15) is 39.0 Å². The van der Waals surface area contributed by atoms with Crippen LogP contribution in [0.3, 0.4) is 0 Å². The second-order valence-electron chi connectivity index (χ2n) is 8.66. The lowest BCUT2D eigenvalue weighted by molar-refractivity contribution is 0.122. The molecule has 0 amide bonds. The molecule has 8 heteroatoms. The van der Waals surface area contributed by atoms with Gasteiger partial charge in [-0.25, -0.2) is 5.10 Å². The Balaban J connectivity index is 1.41. The highest BCUT2D eigenvalue weighted by molar-refractivity contribution is 5.93. The maximum absolute atomic E-state index is 12.4. The van der Waals surface area contributed by atoms with Crippen LogP contribution in [0.25, 0.3) is 22.3 Å². The molecule has 5 rings (SSSR count). The van der Waals surface area contributed by atoms with Crippen LogP contribution < -0.4 is 15.2 Å². The Hall–Kier alpha value is -2.87. The minimum atomic E-state index is -0.199. The number of aromatic amines is 2. The Bertz CT molecular complexity index is 1100. The number of nitrogens with one attached hydrogen (secondary N) is 2. The van der Waals surface area contributed by atoms with Gasteiger partial charge < -0.3 is 14.4 Å². The van der Waals surface area contributed by atoms with E-state index in [9.17, 15) is 4.79 Å². The largest absolute Gasteiger partial charge is 0.491 e. The summed E-state index contributed by atoms with van der Waals surface area (Å²) in [5.74, 6) is 1.62. The topological polar surface area (TPSA) is 96.1 Å². The summed E-state index contributed by atoms with van der Waals surface area (Å²) in [4.78, 5) is 14.4. The summed E-state index contributed by atoms with van der Waals surface area (Å²) in [7, 11) is 0. The number of ether oxygens (including phenoxy) is 2. The molecule has 1 atom stereocenters. The van der Waals surface area contributed by atoms with Crippen molar-refractivity contribution in [3.63, 3.8) is 0 Å². The van der Waals surface area contributed by atoms with E-state index in [4.69, 9.17) is 9.47 Å². The molecule has 31 heavy (non-hydrogen) atoms. The SMILES string of the molecule is CC(CC1CCCC1)Oc1ccc2[nH]nc(-c3cc(N4CCOCC4)c(=O)[nH]n3)c2c1. The monoisotopic (exact) mass is 423 g/mol. The van der Waals surface area contributed by atoms with Crippen molar-refractivity contribution < 1.29 is 9.47 Å². The number of anilines is 1. The predicted octanol–water partition coefficient (Wildman–Crippen LogP) is 3.50. The predicted molar refractivity (Wildman–Crippen MR) is 120 cm³/mol. The van der Waals surface area contributed by atoms with Crippen molar-refractivity contribution in [1.82, 2.24) is 20.4 Å². The molecule has 3 aromatic rings. The summed E-state index contributed by atoms with van der Waals surface area (Å²) >= 11 is 0. The molecular formula is C23H29N5O3. The van der Waals surface area contributed by atoms with E-state index in [-0.39, 0.29) is 11.7 Å². The normalized spacial score (nSPS) is 18.5. The first kappa shape index (κ1) is 20.1. The molecular weight excluding hydrogens is 394 g/mol. The van der Waals surface area contributed by atoms with Gasteiger partial charge in [-0.2, -0.15) is 10.2 Å². The molecule has 0 radical (unpaired) electrons. The molecule has 0 spiro atoms. The first-order valence-corrected chi connectivity index (χ1v) is 11.2. The van der Waals surface area contributed by atoms with Gasteiger partial charge in [0.15, 0.2) is 0 Å². The van der Waals surface area contributed by atoms with Crippen LogP contribution in [0.2, 0.25) is 0 Å². The Kier molecular flexibility index (Phi) is 5.63. The molecule has 2 fully saturated rings. The number of hydrogen-bond donors (Lipinski definition) is 2. The first-order valence-electron chi connectivity index (χ1n) is 11.2. The molecule has 8 nitrogen and oxygen atoms in total. The van der Waals surface area contributed by atoms with E-state index in [0.717, 1.165) is 29.0 Å². The highest BCUT2D eigenvalue weighted by atomic mass is 16.5. The fraction of sp³-hybridized carbons (Fsp3) is 0.522. The van der Waals surface area contributed by atoms with Gasteiger partial charge in [0.25, 0.3) is 5.56 Å². The summed E-state index contributed by atoms with van der Waals surface area (Å²) in [6, 6.07) is 7.80. The maximum Gasteiger partial charge on any atom is 0.287 e. The van der Waals surface area contributed by atoms with E-state index < -0.39 is 0 Å². The van der Waals surface area contributed by atoms with Crippen molar-refractivity contribution in [3.8, 4) is 17.1 Å². The molecule has 1 aliphatic carbocycles. The summed E-state index contributed by atoms with van der Waals surface area (Å²) in [6.45, 7) is 4.75. The van der Waals surface area contributed by atoms with Crippen molar-refractivity contribution in [2.24, 2.45) is 5.92 Å². The summed E-state index contributed by atoms with van der Waals surface area (Å²) in [5.41, 5.74) is 2.64. The summed E-state index contributed by atoms with van der Waals surface area (Å²) in [5, 5.41) is 15.4. The quantitative estimate of drug-likeness (QED) is 0.630. The molecule has 0 bridgehead atoms. The third-order valence-corrected chi connectivity index (χ3v) is 6.39. The number of nitrogens with zero attached hydrogens (tertiary/aromatic N) is 3. The molecule has 164 valence electrons. The number of H-pyrrole nitrogens is 2. The van der Waals surface area contributed by atoms with Gasteiger partial charge >= 0.3 is 0 Å². The second kappa shape index (κ2) is 8.70. The Morgan fingerprint density at radius 3 is 2.77 bits per heavy atom. The van der Waals surface area contributed by atoms with Crippen LogP contribution in [0.4, 0.5) is 5.69 Å². The minimum absolute atomic E-state index is 0.176. The van der Waals surface area contributed by atoms with Crippen molar-refractivity contribution in [1.29, 1.82) is 0 Å². The highest BCUT2D eigenvalue weighted by Gasteiger charge is 2.20. The minimum Gasteiger partial charge on any atom is -0.491 e. The molecule has 2 aliphatic rings. The first-order chi connectivity index (χ1) is 15.2. The van der Waals surface area contributed by atoms with Crippen LogP contribution in [0.15, 0.2) is 29.1 Å². The number of morpholine rings is 1. The van der Waals surface area contributed by atoms with Crippen molar-refractivity contribution >= 4 is 16.6 Å². The summed E-state index contributed by atoms with van der Waals surface area (Å²) < 4.78 is 11.6. The van der Waals surface area contributed by atoms with E-state index >= 15 is 0 Å². The molecule has 1 aliphatic heterocycles. The lowest BCUT2D eigenvalue weighted by atomic mass is 10.0. The van der Waals surface area contributed by atoms with Gasteiger partial charge in [-0.1, -0.05) is 25.7 Å². The zero-order valence-electron chi connectivity index (χ0n) is 17.9.